The number of hydrogen-bond donors (Lipinski definition) is 0. The molecule has 0 aliphatic heterocycles. The van der Waals surface area contributed by atoms with Crippen LogP contribution in [0.4, 0.5) is 0 Å². The molecule has 0 spiro atoms. The summed E-state index contributed by atoms with van der Waals surface area (Å²) in [5.74, 6) is 1.59. The molecule has 0 amide bonds. The predicted molar refractivity (Wildman–Crippen MR) is 93.1 cm³/mol. The molecule has 0 saturated heterocycles. The smallest absolute Gasteiger partial charge is 0.00498 e. The SMILES string of the molecule is c1ccc(C2CCCC2(c2ccccc2)C2CCCC2)cc1. The van der Waals surface area contributed by atoms with Gasteiger partial charge in [0, 0.05) is 5.41 Å². The largest absolute Gasteiger partial charge is 0.0622 e. The van der Waals surface area contributed by atoms with Gasteiger partial charge in [0.05, 0.1) is 0 Å². The molecule has 0 bridgehead atoms. The summed E-state index contributed by atoms with van der Waals surface area (Å²) < 4.78 is 0. The minimum Gasteiger partial charge on any atom is -0.0622 e. The van der Waals surface area contributed by atoms with Gasteiger partial charge in [-0.15, -0.1) is 0 Å². The van der Waals surface area contributed by atoms with Crippen LogP contribution in [0.25, 0.3) is 0 Å². The zero-order valence-electron chi connectivity index (χ0n) is 13.4. The summed E-state index contributed by atoms with van der Waals surface area (Å²) in [6.07, 6.45) is 9.83. The van der Waals surface area contributed by atoms with Crippen LogP contribution in [0.5, 0.6) is 0 Å². The zero-order chi connectivity index (χ0) is 14.8. The summed E-state index contributed by atoms with van der Waals surface area (Å²) in [6, 6.07) is 22.8. The molecule has 2 fully saturated rings. The van der Waals surface area contributed by atoms with E-state index in [1.807, 2.05) is 0 Å². The third-order valence-electron chi connectivity index (χ3n) is 6.30. The van der Waals surface area contributed by atoms with Crippen molar-refractivity contribution in [3.05, 3.63) is 71.8 Å². The number of rotatable bonds is 3. The van der Waals surface area contributed by atoms with Crippen molar-refractivity contribution in [1.82, 2.24) is 0 Å². The van der Waals surface area contributed by atoms with Crippen molar-refractivity contribution in [2.24, 2.45) is 5.92 Å². The molecule has 22 heavy (non-hydrogen) atoms. The van der Waals surface area contributed by atoms with Gasteiger partial charge in [0.2, 0.25) is 0 Å². The third kappa shape index (κ3) is 2.20. The summed E-state index contributed by atoms with van der Waals surface area (Å²) in [7, 11) is 0. The van der Waals surface area contributed by atoms with Crippen LogP contribution < -0.4 is 0 Å². The van der Waals surface area contributed by atoms with Gasteiger partial charge in [0.25, 0.3) is 0 Å². The Bertz CT molecular complexity index is 594. The first kappa shape index (κ1) is 14.1. The quantitative estimate of drug-likeness (QED) is 0.642. The maximum absolute atomic E-state index is 2.40. The summed E-state index contributed by atoms with van der Waals surface area (Å²) >= 11 is 0. The highest BCUT2D eigenvalue weighted by molar-refractivity contribution is 5.37. The van der Waals surface area contributed by atoms with E-state index in [4.69, 9.17) is 0 Å². The Balaban J connectivity index is 1.83. The van der Waals surface area contributed by atoms with Crippen molar-refractivity contribution >= 4 is 0 Å². The molecule has 0 aromatic heterocycles. The molecule has 0 nitrogen and oxygen atoms in total. The van der Waals surface area contributed by atoms with Crippen LogP contribution in [-0.4, -0.2) is 0 Å². The van der Waals surface area contributed by atoms with Gasteiger partial charge in [0.15, 0.2) is 0 Å². The van der Waals surface area contributed by atoms with E-state index >= 15 is 0 Å². The Hall–Kier alpha value is -1.56. The van der Waals surface area contributed by atoms with Crippen LogP contribution in [0, 0.1) is 5.92 Å². The highest BCUT2D eigenvalue weighted by Crippen LogP contribution is 2.58. The number of hydrogen-bond acceptors (Lipinski definition) is 0. The fourth-order valence-electron chi connectivity index (χ4n) is 5.44. The zero-order valence-corrected chi connectivity index (χ0v) is 13.4. The van der Waals surface area contributed by atoms with E-state index in [0.29, 0.717) is 11.3 Å². The molecule has 114 valence electrons. The summed E-state index contributed by atoms with van der Waals surface area (Å²) in [5, 5.41) is 0. The van der Waals surface area contributed by atoms with E-state index in [2.05, 4.69) is 60.7 Å². The minimum atomic E-state index is 0.388. The van der Waals surface area contributed by atoms with E-state index in [-0.39, 0.29) is 0 Å². The normalized spacial score (nSPS) is 29.0. The predicted octanol–water partition coefficient (Wildman–Crippen LogP) is 6.08. The van der Waals surface area contributed by atoms with Gasteiger partial charge in [0.1, 0.15) is 0 Å². The molecule has 2 saturated carbocycles. The van der Waals surface area contributed by atoms with Crippen molar-refractivity contribution in [3.8, 4) is 0 Å². The van der Waals surface area contributed by atoms with Crippen molar-refractivity contribution < 1.29 is 0 Å². The Labute approximate surface area is 134 Å². The van der Waals surface area contributed by atoms with Gasteiger partial charge in [-0.25, -0.2) is 0 Å². The first-order valence-corrected chi connectivity index (χ1v) is 9.02. The first-order chi connectivity index (χ1) is 10.9. The van der Waals surface area contributed by atoms with Gasteiger partial charge >= 0.3 is 0 Å². The standard InChI is InChI=1S/C22H26/c1-3-10-18(11-4-1)21-16-9-17-22(21,20-14-7-8-15-20)19-12-5-2-6-13-19/h1-6,10-13,20-21H,7-9,14-17H2. The van der Waals surface area contributed by atoms with Crippen LogP contribution in [0.15, 0.2) is 60.7 Å². The minimum absolute atomic E-state index is 0.388. The molecule has 0 heterocycles. The molecule has 0 radical (unpaired) electrons. The fourth-order valence-corrected chi connectivity index (χ4v) is 5.44. The van der Waals surface area contributed by atoms with Crippen molar-refractivity contribution in [1.29, 1.82) is 0 Å². The topological polar surface area (TPSA) is 0 Å². The second-order valence-electron chi connectivity index (χ2n) is 7.24. The molecule has 0 heteroatoms. The lowest BCUT2D eigenvalue weighted by Gasteiger charge is -2.42. The van der Waals surface area contributed by atoms with Crippen LogP contribution in [0.1, 0.15) is 62.0 Å². The first-order valence-electron chi connectivity index (χ1n) is 9.02. The monoisotopic (exact) mass is 290 g/mol. The molecule has 2 aliphatic carbocycles. The van der Waals surface area contributed by atoms with E-state index in [1.54, 1.807) is 11.1 Å². The van der Waals surface area contributed by atoms with Gasteiger partial charge in [-0.2, -0.15) is 0 Å². The van der Waals surface area contributed by atoms with Crippen LogP contribution in [0.2, 0.25) is 0 Å². The van der Waals surface area contributed by atoms with E-state index in [9.17, 15) is 0 Å². The van der Waals surface area contributed by atoms with Crippen LogP contribution in [0.3, 0.4) is 0 Å². The van der Waals surface area contributed by atoms with Crippen LogP contribution in [-0.2, 0) is 5.41 Å². The summed E-state index contributed by atoms with van der Waals surface area (Å²) in [4.78, 5) is 0. The molecule has 2 aromatic rings. The lowest BCUT2D eigenvalue weighted by atomic mass is 9.61. The Morgan fingerprint density at radius 2 is 1.32 bits per heavy atom. The summed E-state index contributed by atoms with van der Waals surface area (Å²) in [5.41, 5.74) is 3.56. The molecule has 0 N–H and O–H groups in total. The Morgan fingerprint density at radius 1 is 0.682 bits per heavy atom. The summed E-state index contributed by atoms with van der Waals surface area (Å²) in [6.45, 7) is 0. The Kier molecular flexibility index (Phi) is 3.78. The maximum Gasteiger partial charge on any atom is 0.00498 e. The van der Waals surface area contributed by atoms with Crippen molar-refractivity contribution in [2.45, 2.75) is 56.3 Å². The van der Waals surface area contributed by atoms with E-state index in [1.165, 1.54) is 44.9 Å². The van der Waals surface area contributed by atoms with Gasteiger partial charge in [-0.3, -0.25) is 0 Å². The Morgan fingerprint density at radius 3 is 2.00 bits per heavy atom. The van der Waals surface area contributed by atoms with E-state index in [0.717, 1.165) is 5.92 Å². The molecule has 2 aliphatic rings. The molecule has 2 unspecified atom stereocenters. The van der Waals surface area contributed by atoms with Crippen LogP contribution >= 0.6 is 0 Å². The molecule has 2 aromatic carbocycles. The molecular weight excluding hydrogens is 264 g/mol. The van der Waals surface area contributed by atoms with Gasteiger partial charge in [-0.05, 0) is 48.6 Å². The van der Waals surface area contributed by atoms with Crippen molar-refractivity contribution in [2.75, 3.05) is 0 Å². The second kappa shape index (κ2) is 5.91. The van der Waals surface area contributed by atoms with Gasteiger partial charge in [-0.1, -0.05) is 79.9 Å². The highest BCUT2D eigenvalue weighted by atomic mass is 14.5. The fraction of sp³-hybridized carbons (Fsp3) is 0.455. The molecule has 4 rings (SSSR count). The lowest BCUT2D eigenvalue weighted by molar-refractivity contribution is 0.247. The van der Waals surface area contributed by atoms with Gasteiger partial charge < -0.3 is 0 Å². The third-order valence-corrected chi connectivity index (χ3v) is 6.30. The number of benzene rings is 2. The molecular formula is C22H26. The lowest BCUT2D eigenvalue weighted by Crippen LogP contribution is -2.36. The average molecular weight is 290 g/mol. The maximum atomic E-state index is 2.40. The molecule has 2 atom stereocenters. The van der Waals surface area contributed by atoms with Crippen molar-refractivity contribution in [3.63, 3.8) is 0 Å². The van der Waals surface area contributed by atoms with E-state index < -0.39 is 0 Å². The average Bonchev–Trinajstić information content (AvgIpc) is 3.26. The highest BCUT2D eigenvalue weighted by Gasteiger charge is 2.50. The second-order valence-corrected chi connectivity index (χ2v) is 7.24.